The third kappa shape index (κ3) is 5.87. The molecule has 7 heteroatoms. The summed E-state index contributed by atoms with van der Waals surface area (Å²) in [6, 6.07) is 0. The number of rotatable bonds is 5. The van der Waals surface area contributed by atoms with Gasteiger partial charge in [0.1, 0.15) is 5.76 Å². The number of hydrogen-bond donors (Lipinski definition) is 2. The van der Waals surface area contributed by atoms with E-state index >= 15 is 0 Å². The molecule has 1 unspecified atom stereocenters. The van der Waals surface area contributed by atoms with Crippen molar-refractivity contribution in [2.24, 2.45) is 4.99 Å². The van der Waals surface area contributed by atoms with Crippen LogP contribution < -0.4 is 10.6 Å². The number of oxazole rings is 1. The van der Waals surface area contributed by atoms with Gasteiger partial charge in [-0.05, 0) is 34.6 Å². The van der Waals surface area contributed by atoms with E-state index in [1.165, 1.54) is 0 Å². The van der Waals surface area contributed by atoms with Crippen LogP contribution in [0.15, 0.2) is 9.41 Å². The predicted octanol–water partition coefficient (Wildman–Crippen LogP) is 1.50. The Labute approximate surface area is 129 Å². The molecule has 0 radical (unpaired) electrons. The van der Waals surface area contributed by atoms with Gasteiger partial charge in [-0.3, -0.25) is 9.20 Å². The van der Waals surface area contributed by atoms with Crippen molar-refractivity contribution < 1.29 is 8.63 Å². The predicted molar refractivity (Wildman–Crippen MR) is 86.9 cm³/mol. The highest BCUT2D eigenvalue weighted by Gasteiger charge is 2.18. The van der Waals surface area contributed by atoms with Gasteiger partial charge >= 0.3 is 0 Å². The van der Waals surface area contributed by atoms with Gasteiger partial charge in [0.15, 0.2) is 5.96 Å². The fourth-order valence-electron chi connectivity index (χ4n) is 1.56. The summed E-state index contributed by atoms with van der Waals surface area (Å²) in [7, 11) is 0.825. The second kappa shape index (κ2) is 7.59. The van der Waals surface area contributed by atoms with Gasteiger partial charge in [0.25, 0.3) is 0 Å². The van der Waals surface area contributed by atoms with Crippen LogP contribution in [0, 0.1) is 13.8 Å². The van der Waals surface area contributed by atoms with Gasteiger partial charge in [0.05, 0.1) is 12.2 Å². The SMILES string of the molecule is CN=C(NCCS(=O)C(C)(C)C)NCc1nc(C)c(C)o1. The molecule has 0 aliphatic heterocycles. The lowest BCUT2D eigenvalue weighted by Gasteiger charge is -2.18. The van der Waals surface area contributed by atoms with E-state index in [0.717, 1.165) is 11.5 Å². The van der Waals surface area contributed by atoms with Gasteiger partial charge in [0.2, 0.25) is 5.89 Å². The quantitative estimate of drug-likeness (QED) is 0.636. The van der Waals surface area contributed by atoms with Crippen molar-refractivity contribution in [3.05, 3.63) is 17.3 Å². The zero-order chi connectivity index (χ0) is 16.0. The molecule has 0 aromatic carbocycles. The van der Waals surface area contributed by atoms with Gasteiger partial charge in [0, 0.05) is 34.9 Å². The van der Waals surface area contributed by atoms with Gasteiger partial charge < -0.3 is 15.1 Å². The Hall–Kier alpha value is -1.37. The fourth-order valence-corrected chi connectivity index (χ4v) is 2.46. The van der Waals surface area contributed by atoms with Crippen LogP contribution in [0.3, 0.4) is 0 Å². The second-order valence-corrected chi connectivity index (χ2v) is 8.09. The molecular formula is C14H26N4O2S. The number of guanidine groups is 1. The number of aromatic nitrogens is 1. The van der Waals surface area contributed by atoms with E-state index in [0.29, 0.717) is 30.7 Å². The molecule has 1 aromatic rings. The summed E-state index contributed by atoms with van der Waals surface area (Å²) in [5.74, 6) is 2.69. The molecule has 1 heterocycles. The molecule has 0 aliphatic rings. The third-order valence-corrected chi connectivity index (χ3v) is 4.91. The van der Waals surface area contributed by atoms with Gasteiger partial charge in [-0.25, -0.2) is 4.98 Å². The van der Waals surface area contributed by atoms with Crippen LogP contribution >= 0.6 is 0 Å². The maximum absolute atomic E-state index is 11.9. The molecule has 0 saturated carbocycles. The molecule has 0 spiro atoms. The topological polar surface area (TPSA) is 79.5 Å². The van der Waals surface area contributed by atoms with Crippen molar-refractivity contribution >= 4 is 16.8 Å². The third-order valence-electron chi connectivity index (χ3n) is 2.97. The molecule has 1 aromatic heterocycles. The Balaban J connectivity index is 2.38. The minimum atomic E-state index is -0.872. The number of hydrogen-bond acceptors (Lipinski definition) is 4. The monoisotopic (exact) mass is 314 g/mol. The summed E-state index contributed by atoms with van der Waals surface area (Å²) in [6.45, 7) is 10.8. The molecule has 120 valence electrons. The first-order valence-electron chi connectivity index (χ1n) is 7.00. The van der Waals surface area contributed by atoms with Crippen molar-refractivity contribution in [3.8, 4) is 0 Å². The van der Waals surface area contributed by atoms with Crippen LogP contribution in [0.25, 0.3) is 0 Å². The van der Waals surface area contributed by atoms with E-state index < -0.39 is 10.8 Å². The number of aryl methyl sites for hydroxylation is 2. The molecule has 1 rings (SSSR count). The number of nitrogens with one attached hydrogen (secondary N) is 2. The molecule has 21 heavy (non-hydrogen) atoms. The molecule has 6 nitrogen and oxygen atoms in total. The smallest absolute Gasteiger partial charge is 0.214 e. The van der Waals surface area contributed by atoms with Crippen LogP contribution in [0.2, 0.25) is 0 Å². The molecular weight excluding hydrogens is 288 g/mol. The summed E-state index contributed by atoms with van der Waals surface area (Å²) in [5, 5.41) is 6.26. The first kappa shape index (κ1) is 17.7. The zero-order valence-corrected chi connectivity index (χ0v) is 14.6. The van der Waals surface area contributed by atoms with Crippen LogP contribution in [0.1, 0.15) is 38.1 Å². The average molecular weight is 314 g/mol. The standard InChI is InChI=1S/C14H26N4O2S/c1-10-11(2)20-12(18-10)9-17-13(15-6)16-7-8-21(19)14(3,4)5/h7-9H2,1-6H3,(H2,15,16,17). The van der Waals surface area contributed by atoms with Crippen LogP contribution in [0.4, 0.5) is 0 Å². The molecule has 0 bridgehead atoms. The summed E-state index contributed by atoms with van der Waals surface area (Å²) >= 11 is 0. The lowest BCUT2D eigenvalue weighted by molar-refractivity contribution is 0.464. The Morgan fingerprint density at radius 2 is 2.00 bits per heavy atom. The highest BCUT2D eigenvalue weighted by atomic mass is 32.2. The first-order chi connectivity index (χ1) is 9.74. The largest absolute Gasteiger partial charge is 0.444 e. The van der Waals surface area contributed by atoms with E-state index in [1.54, 1.807) is 7.05 Å². The first-order valence-corrected chi connectivity index (χ1v) is 8.32. The van der Waals surface area contributed by atoms with E-state index in [1.807, 2.05) is 34.6 Å². The Morgan fingerprint density at radius 3 is 2.48 bits per heavy atom. The van der Waals surface area contributed by atoms with E-state index in [9.17, 15) is 4.21 Å². The van der Waals surface area contributed by atoms with Gasteiger partial charge in [-0.2, -0.15) is 0 Å². The van der Waals surface area contributed by atoms with Crippen LogP contribution in [-0.2, 0) is 17.3 Å². The fraction of sp³-hybridized carbons (Fsp3) is 0.714. The average Bonchev–Trinajstić information content (AvgIpc) is 2.71. The second-order valence-electron chi connectivity index (χ2n) is 5.76. The molecule has 0 amide bonds. The van der Waals surface area contributed by atoms with Crippen LogP contribution in [0.5, 0.6) is 0 Å². The summed E-state index contributed by atoms with van der Waals surface area (Å²) in [6.07, 6.45) is 0. The lowest BCUT2D eigenvalue weighted by Crippen LogP contribution is -2.40. The highest BCUT2D eigenvalue weighted by molar-refractivity contribution is 7.86. The van der Waals surface area contributed by atoms with E-state index in [2.05, 4.69) is 20.6 Å². The maximum atomic E-state index is 11.9. The zero-order valence-electron chi connectivity index (χ0n) is 13.7. The van der Waals surface area contributed by atoms with Crippen molar-refractivity contribution in [1.29, 1.82) is 0 Å². The van der Waals surface area contributed by atoms with Crippen molar-refractivity contribution in [1.82, 2.24) is 15.6 Å². The summed E-state index contributed by atoms with van der Waals surface area (Å²) in [5.41, 5.74) is 0.898. The lowest BCUT2D eigenvalue weighted by atomic mass is 10.3. The molecule has 1 atom stereocenters. The highest BCUT2D eigenvalue weighted by Crippen LogP contribution is 2.10. The van der Waals surface area contributed by atoms with E-state index in [-0.39, 0.29) is 4.75 Å². The molecule has 0 fully saturated rings. The van der Waals surface area contributed by atoms with E-state index in [4.69, 9.17) is 4.42 Å². The summed E-state index contributed by atoms with van der Waals surface area (Å²) < 4.78 is 17.2. The summed E-state index contributed by atoms with van der Waals surface area (Å²) in [4.78, 5) is 8.41. The Bertz CT molecular complexity index is 498. The number of aliphatic imine (C=N–C) groups is 1. The minimum Gasteiger partial charge on any atom is -0.444 e. The Kier molecular flexibility index (Phi) is 6.39. The van der Waals surface area contributed by atoms with Gasteiger partial charge in [-0.15, -0.1) is 0 Å². The molecule has 2 N–H and O–H groups in total. The van der Waals surface area contributed by atoms with Crippen molar-refractivity contribution in [2.75, 3.05) is 19.3 Å². The van der Waals surface area contributed by atoms with Crippen LogP contribution in [-0.4, -0.2) is 39.2 Å². The normalized spacial score (nSPS) is 14.1. The van der Waals surface area contributed by atoms with Crippen molar-refractivity contribution in [3.63, 3.8) is 0 Å². The van der Waals surface area contributed by atoms with Gasteiger partial charge in [-0.1, -0.05) is 0 Å². The molecule has 0 aliphatic carbocycles. The number of nitrogens with zero attached hydrogens (tertiary/aromatic N) is 2. The Morgan fingerprint density at radius 1 is 1.33 bits per heavy atom. The molecule has 0 saturated heterocycles. The minimum absolute atomic E-state index is 0.189. The van der Waals surface area contributed by atoms with Crippen molar-refractivity contribution in [2.45, 2.75) is 45.9 Å². The maximum Gasteiger partial charge on any atom is 0.214 e.